The molecule has 0 aromatic heterocycles. The van der Waals surface area contributed by atoms with E-state index in [-0.39, 0.29) is 18.3 Å². The highest BCUT2D eigenvalue weighted by Gasteiger charge is 2.19. The molecule has 4 heteroatoms. The van der Waals surface area contributed by atoms with E-state index in [0.717, 1.165) is 38.2 Å². The van der Waals surface area contributed by atoms with E-state index in [2.05, 4.69) is 5.32 Å². The Hall–Kier alpha value is -1.06. The molecule has 0 bridgehead atoms. The molecule has 0 spiro atoms. The van der Waals surface area contributed by atoms with Crippen molar-refractivity contribution in [1.82, 2.24) is 5.32 Å². The van der Waals surface area contributed by atoms with E-state index in [1.54, 1.807) is 6.92 Å². The fourth-order valence-corrected chi connectivity index (χ4v) is 2.35. The van der Waals surface area contributed by atoms with E-state index in [0.29, 0.717) is 5.92 Å². The lowest BCUT2D eigenvalue weighted by molar-refractivity contribution is -0.116. The third-order valence-electron chi connectivity index (χ3n) is 3.35. The van der Waals surface area contributed by atoms with Crippen LogP contribution in [0.5, 0.6) is 0 Å². The van der Waals surface area contributed by atoms with E-state index in [1.165, 1.54) is 0 Å². The molecule has 100 valence electrons. The highest BCUT2D eigenvalue weighted by atomic mass is 35.5. The average molecular weight is 269 g/mol. The predicted octanol–water partition coefficient (Wildman–Crippen LogP) is 2.46. The molecule has 1 saturated heterocycles. The van der Waals surface area contributed by atoms with Crippen LogP contribution in [0.3, 0.4) is 0 Å². The molecule has 18 heavy (non-hydrogen) atoms. The molecule has 0 saturated carbocycles. The summed E-state index contributed by atoms with van der Waals surface area (Å²) < 4.78 is 0. The summed E-state index contributed by atoms with van der Waals surface area (Å²) in [6.45, 7) is 4.64. The second-order valence-electron chi connectivity index (χ2n) is 4.66. The van der Waals surface area contributed by atoms with Crippen molar-refractivity contribution in [3.63, 3.8) is 0 Å². The molecule has 1 aromatic carbocycles. The minimum absolute atomic E-state index is 0. The Labute approximate surface area is 115 Å². The zero-order chi connectivity index (χ0) is 12.1. The maximum atomic E-state index is 11.7. The minimum Gasteiger partial charge on any atom is -0.317 e. The largest absolute Gasteiger partial charge is 0.317 e. The standard InChI is InChI=1S/C14H20N2O.ClH/c1-12(17)16(14-5-3-2-4-6-14)11-13-7-9-15-10-8-13;/h2-6,13,15H,7-11H2,1H3;1H. The first-order chi connectivity index (χ1) is 8.27. The molecule has 1 N–H and O–H groups in total. The second-order valence-corrected chi connectivity index (χ2v) is 4.66. The van der Waals surface area contributed by atoms with Crippen molar-refractivity contribution < 1.29 is 4.79 Å². The lowest BCUT2D eigenvalue weighted by Crippen LogP contribution is -2.38. The molecule has 1 amide bonds. The van der Waals surface area contributed by atoms with Gasteiger partial charge < -0.3 is 10.2 Å². The van der Waals surface area contributed by atoms with Gasteiger partial charge in [-0.1, -0.05) is 18.2 Å². The fraction of sp³-hybridized carbons (Fsp3) is 0.500. The molecule has 1 fully saturated rings. The number of rotatable bonds is 3. The molecule has 0 atom stereocenters. The lowest BCUT2D eigenvalue weighted by atomic mass is 9.97. The van der Waals surface area contributed by atoms with Crippen molar-refractivity contribution in [1.29, 1.82) is 0 Å². The summed E-state index contributed by atoms with van der Waals surface area (Å²) in [7, 11) is 0. The Balaban J connectivity index is 0.00000162. The van der Waals surface area contributed by atoms with Crippen LogP contribution in [0.4, 0.5) is 5.69 Å². The maximum absolute atomic E-state index is 11.7. The number of hydrogen-bond donors (Lipinski definition) is 1. The highest BCUT2D eigenvalue weighted by molar-refractivity contribution is 5.91. The van der Waals surface area contributed by atoms with Crippen LogP contribution in [0.25, 0.3) is 0 Å². The number of carbonyl (C=O) groups is 1. The van der Waals surface area contributed by atoms with Crippen molar-refractivity contribution in [2.24, 2.45) is 5.92 Å². The summed E-state index contributed by atoms with van der Waals surface area (Å²) in [5.41, 5.74) is 1.01. The molecule has 0 aliphatic carbocycles. The van der Waals surface area contributed by atoms with Crippen molar-refractivity contribution >= 4 is 24.0 Å². The van der Waals surface area contributed by atoms with Gasteiger partial charge in [-0.3, -0.25) is 4.79 Å². The van der Waals surface area contributed by atoms with E-state index >= 15 is 0 Å². The Morgan fingerprint density at radius 1 is 1.28 bits per heavy atom. The first-order valence-corrected chi connectivity index (χ1v) is 6.31. The fourth-order valence-electron chi connectivity index (χ4n) is 2.35. The van der Waals surface area contributed by atoms with Gasteiger partial charge in [-0.05, 0) is 44.0 Å². The third kappa shape index (κ3) is 4.00. The monoisotopic (exact) mass is 268 g/mol. The molecule has 1 aromatic rings. The Morgan fingerprint density at radius 2 is 1.89 bits per heavy atom. The quantitative estimate of drug-likeness (QED) is 0.913. The molecule has 2 rings (SSSR count). The molecule has 1 heterocycles. The van der Waals surface area contributed by atoms with Crippen LogP contribution in [0, 0.1) is 5.92 Å². The zero-order valence-corrected chi connectivity index (χ0v) is 11.6. The number of anilines is 1. The molecule has 0 unspecified atom stereocenters. The highest BCUT2D eigenvalue weighted by Crippen LogP contribution is 2.19. The number of hydrogen-bond acceptors (Lipinski definition) is 2. The van der Waals surface area contributed by atoms with Gasteiger partial charge in [0.25, 0.3) is 0 Å². The third-order valence-corrected chi connectivity index (χ3v) is 3.35. The van der Waals surface area contributed by atoms with Crippen molar-refractivity contribution in [2.75, 3.05) is 24.5 Å². The van der Waals surface area contributed by atoms with Crippen molar-refractivity contribution in [3.8, 4) is 0 Å². The maximum Gasteiger partial charge on any atom is 0.223 e. The number of nitrogens with zero attached hydrogens (tertiary/aromatic N) is 1. The number of amides is 1. The molecular formula is C14H21ClN2O. The minimum atomic E-state index is 0. The first-order valence-electron chi connectivity index (χ1n) is 6.31. The van der Waals surface area contributed by atoms with Crippen LogP contribution in [0.15, 0.2) is 30.3 Å². The van der Waals surface area contributed by atoms with Crippen LogP contribution in [0.2, 0.25) is 0 Å². The van der Waals surface area contributed by atoms with E-state index in [4.69, 9.17) is 0 Å². The number of carbonyl (C=O) groups excluding carboxylic acids is 1. The van der Waals surface area contributed by atoms with Gasteiger partial charge in [0.15, 0.2) is 0 Å². The van der Waals surface area contributed by atoms with Crippen molar-refractivity contribution in [2.45, 2.75) is 19.8 Å². The van der Waals surface area contributed by atoms with Crippen LogP contribution >= 0.6 is 12.4 Å². The Kier molecular flexibility index (Phi) is 6.16. The first kappa shape index (κ1) is 15.0. The van der Waals surface area contributed by atoms with Gasteiger partial charge in [-0.2, -0.15) is 0 Å². The smallest absolute Gasteiger partial charge is 0.223 e. The predicted molar refractivity (Wildman–Crippen MR) is 77.3 cm³/mol. The van der Waals surface area contributed by atoms with Gasteiger partial charge in [0.05, 0.1) is 0 Å². The van der Waals surface area contributed by atoms with Crippen LogP contribution in [-0.2, 0) is 4.79 Å². The van der Waals surface area contributed by atoms with Gasteiger partial charge >= 0.3 is 0 Å². The van der Waals surface area contributed by atoms with E-state index in [1.807, 2.05) is 35.2 Å². The Morgan fingerprint density at radius 3 is 2.44 bits per heavy atom. The normalized spacial score (nSPS) is 15.8. The van der Waals surface area contributed by atoms with Gasteiger partial charge in [0, 0.05) is 19.2 Å². The number of para-hydroxylation sites is 1. The molecule has 3 nitrogen and oxygen atoms in total. The lowest BCUT2D eigenvalue weighted by Gasteiger charge is -2.29. The number of benzene rings is 1. The van der Waals surface area contributed by atoms with Crippen LogP contribution < -0.4 is 10.2 Å². The average Bonchev–Trinajstić information content (AvgIpc) is 2.38. The van der Waals surface area contributed by atoms with E-state index < -0.39 is 0 Å². The summed E-state index contributed by atoms with van der Waals surface area (Å²) in [5, 5.41) is 3.35. The van der Waals surface area contributed by atoms with Gasteiger partial charge in [-0.15, -0.1) is 12.4 Å². The molecular weight excluding hydrogens is 248 g/mol. The van der Waals surface area contributed by atoms with Crippen LogP contribution in [-0.4, -0.2) is 25.5 Å². The Bertz CT molecular complexity index is 363. The second kappa shape index (κ2) is 7.39. The van der Waals surface area contributed by atoms with Crippen molar-refractivity contribution in [3.05, 3.63) is 30.3 Å². The summed E-state index contributed by atoms with van der Waals surface area (Å²) in [4.78, 5) is 13.6. The topological polar surface area (TPSA) is 32.3 Å². The summed E-state index contributed by atoms with van der Waals surface area (Å²) >= 11 is 0. The zero-order valence-electron chi connectivity index (χ0n) is 10.8. The SMILES string of the molecule is CC(=O)N(CC1CCNCC1)c1ccccc1.Cl. The summed E-state index contributed by atoms with van der Waals surface area (Å²) in [6, 6.07) is 9.94. The number of piperidine rings is 1. The summed E-state index contributed by atoms with van der Waals surface area (Å²) in [6.07, 6.45) is 2.33. The van der Waals surface area contributed by atoms with Gasteiger partial charge in [0.2, 0.25) is 5.91 Å². The van der Waals surface area contributed by atoms with Gasteiger partial charge in [-0.25, -0.2) is 0 Å². The number of nitrogens with one attached hydrogen (secondary N) is 1. The molecule has 1 aliphatic heterocycles. The summed E-state index contributed by atoms with van der Waals surface area (Å²) in [5.74, 6) is 0.759. The molecule has 1 aliphatic rings. The van der Waals surface area contributed by atoms with Crippen LogP contribution in [0.1, 0.15) is 19.8 Å². The van der Waals surface area contributed by atoms with Gasteiger partial charge in [0.1, 0.15) is 0 Å². The number of halogens is 1. The van der Waals surface area contributed by atoms with E-state index in [9.17, 15) is 4.79 Å². The molecule has 0 radical (unpaired) electrons.